The number of hydrogen-bond acceptors (Lipinski definition) is 5. The fourth-order valence-corrected chi connectivity index (χ4v) is 1.71. The number of methoxy groups -OCH3 is 1. The van der Waals surface area contributed by atoms with Crippen LogP contribution in [0, 0.1) is 0 Å². The van der Waals surface area contributed by atoms with Crippen LogP contribution in [-0.4, -0.2) is 60.2 Å². The van der Waals surface area contributed by atoms with Crippen LogP contribution in [0.25, 0.3) is 5.53 Å². The maximum atomic E-state index is 12.3. The Morgan fingerprint density at radius 3 is 2.36 bits per heavy atom. The lowest BCUT2D eigenvalue weighted by Crippen LogP contribution is -2.47. The third-order valence-corrected chi connectivity index (χ3v) is 3.04. The molecule has 0 aliphatic rings. The Hall–Kier alpha value is -2.26. The highest BCUT2D eigenvalue weighted by atomic mass is 19.4. The van der Waals surface area contributed by atoms with Gasteiger partial charge in [-0.3, -0.25) is 9.59 Å². The molecule has 0 heterocycles. The Morgan fingerprint density at radius 1 is 1.28 bits per heavy atom. The molecular formula is C14H20F3N3O5. The van der Waals surface area contributed by atoms with Crippen molar-refractivity contribution in [3.05, 3.63) is 5.53 Å². The summed E-state index contributed by atoms with van der Waals surface area (Å²) >= 11 is 0. The number of rotatable bonds is 10. The lowest BCUT2D eigenvalue weighted by Gasteiger charge is -2.22. The van der Waals surface area contributed by atoms with Crippen LogP contribution in [0.2, 0.25) is 0 Å². The van der Waals surface area contributed by atoms with Crippen molar-refractivity contribution in [2.75, 3.05) is 7.11 Å². The average Bonchev–Trinajstić information content (AvgIpc) is 2.48. The Morgan fingerprint density at radius 2 is 1.88 bits per heavy atom. The van der Waals surface area contributed by atoms with Gasteiger partial charge in [-0.1, -0.05) is 0 Å². The van der Waals surface area contributed by atoms with E-state index in [0.29, 0.717) is 6.21 Å². The number of nitrogens with zero attached hydrogens (tertiary/aromatic N) is 2. The number of ketones is 1. The third-order valence-electron chi connectivity index (χ3n) is 3.04. The third kappa shape index (κ3) is 10.3. The van der Waals surface area contributed by atoms with E-state index in [2.05, 4.69) is 14.8 Å². The van der Waals surface area contributed by atoms with Crippen molar-refractivity contribution in [3.8, 4) is 0 Å². The number of hydrogen-bond donors (Lipinski definition) is 1. The highest BCUT2D eigenvalue weighted by molar-refractivity contribution is 6.25. The molecule has 0 saturated heterocycles. The van der Waals surface area contributed by atoms with E-state index in [4.69, 9.17) is 10.3 Å². The summed E-state index contributed by atoms with van der Waals surface area (Å²) in [7, 11) is 1.25. The second-order valence-corrected chi connectivity index (χ2v) is 5.26. The predicted molar refractivity (Wildman–Crippen MR) is 78.6 cm³/mol. The van der Waals surface area contributed by atoms with Gasteiger partial charge < -0.3 is 20.3 Å². The van der Waals surface area contributed by atoms with Gasteiger partial charge in [0.15, 0.2) is 0 Å². The molecule has 11 heteroatoms. The molecule has 3 atom stereocenters. The first-order valence-corrected chi connectivity index (χ1v) is 7.30. The normalized spacial score (nSPS) is 14.6. The molecule has 8 nitrogen and oxygen atoms in total. The average molecular weight is 367 g/mol. The van der Waals surface area contributed by atoms with Crippen molar-refractivity contribution in [1.82, 2.24) is 5.32 Å². The van der Waals surface area contributed by atoms with Crippen molar-refractivity contribution in [2.24, 2.45) is 0 Å². The fourth-order valence-electron chi connectivity index (χ4n) is 1.71. The molecule has 142 valence electrons. The molecule has 0 aromatic rings. The van der Waals surface area contributed by atoms with Crippen LogP contribution in [0.1, 0.15) is 33.1 Å². The van der Waals surface area contributed by atoms with Crippen molar-refractivity contribution in [3.63, 3.8) is 0 Å². The molecule has 0 spiro atoms. The molecule has 0 bridgehead atoms. The molecule has 0 radical (unpaired) electrons. The lowest BCUT2D eigenvalue weighted by molar-refractivity contribution is -0.172. The summed E-state index contributed by atoms with van der Waals surface area (Å²) in [6.07, 6.45) is -8.17. The van der Waals surface area contributed by atoms with E-state index in [1.165, 1.54) is 14.0 Å². The minimum atomic E-state index is -4.52. The van der Waals surface area contributed by atoms with Gasteiger partial charge in [0.25, 0.3) is 0 Å². The zero-order valence-electron chi connectivity index (χ0n) is 14.0. The molecule has 0 saturated carbocycles. The highest BCUT2D eigenvalue weighted by Gasteiger charge is 2.33. The molecule has 25 heavy (non-hydrogen) atoms. The maximum Gasteiger partial charge on any atom is 0.392 e. The quantitative estimate of drug-likeness (QED) is 0.268. The van der Waals surface area contributed by atoms with Gasteiger partial charge in [-0.05, 0) is 20.3 Å². The number of ether oxygens (including phenoxy) is 2. The Kier molecular flexibility index (Phi) is 9.62. The number of nitrogens with one attached hydrogen (secondary N) is 1. The zero-order chi connectivity index (χ0) is 19.6. The van der Waals surface area contributed by atoms with Crippen LogP contribution in [0.15, 0.2) is 0 Å². The Bertz CT molecular complexity index is 532. The minimum absolute atomic E-state index is 0.245. The van der Waals surface area contributed by atoms with E-state index in [1.807, 2.05) is 0 Å². The van der Waals surface area contributed by atoms with Gasteiger partial charge in [0.05, 0.1) is 6.42 Å². The van der Waals surface area contributed by atoms with Gasteiger partial charge in [-0.15, -0.1) is 0 Å². The van der Waals surface area contributed by atoms with E-state index in [1.54, 1.807) is 0 Å². The number of esters is 1. The standard InChI is InChI=1S/C14H20F3N3O5/c1-8(6-14(15,16)17)25-13(23)11(5-4-10(21)7-19-18)20-12(22)9(2)24-3/h7-9,11H,4-6H2,1-3H3,(H,20,22)/t8-,9-,11-/m0/s1. The number of amides is 1. The largest absolute Gasteiger partial charge is 0.461 e. The van der Waals surface area contributed by atoms with Gasteiger partial charge in [0.2, 0.25) is 11.7 Å². The highest BCUT2D eigenvalue weighted by Crippen LogP contribution is 2.23. The van der Waals surface area contributed by atoms with E-state index < -0.39 is 48.5 Å². The summed E-state index contributed by atoms with van der Waals surface area (Å²) in [6.45, 7) is 2.46. The Balaban J connectivity index is 4.95. The fraction of sp³-hybridized carbons (Fsp3) is 0.714. The summed E-state index contributed by atoms with van der Waals surface area (Å²) in [5.41, 5.74) is 8.25. The second kappa shape index (κ2) is 10.6. The molecule has 1 amide bonds. The Labute approximate surface area is 142 Å². The predicted octanol–water partition coefficient (Wildman–Crippen LogP) is 1.04. The number of carbonyl (C=O) groups is 3. The first-order valence-electron chi connectivity index (χ1n) is 7.30. The summed E-state index contributed by atoms with van der Waals surface area (Å²) in [5, 5.41) is 2.25. The van der Waals surface area contributed by atoms with Crippen molar-refractivity contribution >= 4 is 23.9 Å². The monoisotopic (exact) mass is 367 g/mol. The van der Waals surface area contributed by atoms with E-state index in [-0.39, 0.29) is 12.8 Å². The van der Waals surface area contributed by atoms with Crippen LogP contribution < -0.4 is 5.32 Å². The number of alkyl halides is 3. The van der Waals surface area contributed by atoms with Gasteiger partial charge in [-0.25, -0.2) is 4.79 Å². The SMILES string of the molecule is CO[C@@H](C)C(=O)N[C@@H](CCC(=O)C=[N+]=[N-])C(=O)O[C@@H](C)CC(F)(F)F. The van der Waals surface area contributed by atoms with E-state index >= 15 is 0 Å². The smallest absolute Gasteiger partial charge is 0.392 e. The topological polar surface area (TPSA) is 118 Å². The lowest BCUT2D eigenvalue weighted by atomic mass is 10.1. The maximum absolute atomic E-state index is 12.3. The summed E-state index contributed by atoms with van der Waals surface area (Å²) in [5.74, 6) is -2.45. The van der Waals surface area contributed by atoms with Crippen LogP contribution in [0.5, 0.6) is 0 Å². The minimum Gasteiger partial charge on any atom is -0.461 e. The van der Waals surface area contributed by atoms with Gasteiger partial charge in [-0.2, -0.15) is 18.0 Å². The van der Waals surface area contributed by atoms with Gasteiger partial charge in [0.1, 0.15) is 18.2 Å². The number of Topliss-reactive ketones (excluding diaryl/α,β-unsaturated/α-hetero) is 1. The van der Waals surface area contributed by atoms with Gasteiger partial charge >= 0.3 is 18.4 Å². The number of carbonyl (C=O) groups excluding carboxylic acids is 3. The van der Waals surface area contributed by atoms with Crippen LogP contribution in [0.4, 0.5) is 13.2 Å². The molecule has 0 aliphatic carbocycles. The zero-order valence-corrected chi connectivity index (χ0v) is 14.0. The molecule has 1 N–H and O–H groups in total. The molecular weight excluding hydrogens is 347 g/mol. The van der Waals surface area contributed by atoms with Crippen LogP contribution >= 0.6 is 0 Å². The van der Waals surface area contributed by atoms with E-state index in [9.17, 15) is 27.6 Å². The van der Waals surface area contributed by atoms with Gasteiger partial charge in [0, 0.05) is 13.5 Å². The van der Waals surface area contributed by atoms with Crippen molar-refractivity contribution in [1.29, 1.82) is 0 Å². The molecule has 0 unspecified atom stereocenters. The first-order chi connectivity index (χ1) is 11.5. The molecule has 0 aromatic heterocycles. The molecule has 0 aliphatic heterocycles. The molecule has 0 fully saturated rings. The summed E-state index contributed by atoms with van der Waals surface area (Å²) < 4.78 is 46.3. The summed E-state index contributed by atoms with van der Waals surface area (Å²) in [6, 6.07) is -1.35. The van der Waals surface area contributed by atoms with Crippen molar-refractivity contribution in [2.45, 2.75) is 57.5 Å². The molecule has 0 aromatic carbocycles. The second-order valence-electron chi connectivity index (χ2n) is 5.26. The first kappa shape index (κ1) is 22.7. The summed E-state index contributed by atoms with van der Waals surface area (Å²) in [4.78, 5) is 37.7. The number of halogens is 3. The van der Waals surface area contributed by atoms with Crippen LogP contribution in [0.3, 0.4) is 0 Å². The molecule has 0 rings (SSSR count). The van der Waals surface area contributed by atoms with Crippen LogP contribution in [-0.2, 0) is 23.9 Å². The van der Waals surface area contributed by atoms with E-state index in [0.717, 1.165) is 6.92 Å². The van der Waals surface area contributed by atoms with Crippen molar-refractivity contribution < 1.29 is 41.8 Å².